The van der Waals surface area contributed by atoms with Crippen molar-refractivity contribution >= 4 is 72.7 Å². The van der Waals surface area contributed by atoms with E-state index in [0.29, 0.717) is 10.8 Å². The summed E-state index contributed by atoms with van der Waals surface area (Å²) in [4.78, 5) is 10.3. The first kappa shape index (κ1) is 29.4. The molecule has 2 aromatic carbocycles. The Morgan fingerprint density at radius 2 is 1.39 bits per heavy atom. The van der Waals surface area contributed by atoms with Crippen LogP contribution in [-0.2, 0) is 29.1 Å². The zero-order chi connectivity index (χ0) is 22.3. The van der Waals surface area contributed by atoms with E-state index in [1.807, 2.05) is 0 Å². The first-order chi connectivity index (χ1) is 13.2. The van der Waals surface area contributed by atoms with Gasteiger partial charge in [-0.1, -0.05) is 0 Å². The van der Waals surface area contributed by atoms with Gasteiger partial charge < -0.3 is 16.6 Å². The molecule has 0 fully saturated rings. The fraction of sp³-hybridized carbons (Fsp3) is 0.133. The Morgan fingerprint density at radius 1 is 1.00 bits per heavy atom. The van der Waals surface area contributed by atoms with E-state index in [9.17, 15) is 13.6 Å². The number of aliphatic hydroxyl groups is 1. The Labute approximate surface area is 192 Å². The molecule has 5 N–H and O–H groups in total. The summed E-state index contributed by atoms with van der Waals surface area (Å²) < 4.78 is 43.3. The van der Waals surface area contributed by atoms with Gasteiger partial charge in [0.2, 0.25) is 0 Å². The first-order valence-electron chi connectivity index (χ1n) is 6.69. The molecule has 2 aromatic rings. The number of halogens is 6. The second kappa shape index (κ2) is 17.1. The van der Waals surface area contributed by atoms with Gasteiger partial charge in [0.15, 0.2) is 6.29 Å². The van der Waals surface area contributed by atoms with Crippen LogP contribution in [0.5, 0.6) is 0 Å². The molecule has 0 atom stereocenters. The number of rotatable bonds is 2. The quantitative estimate of drug-likeness (QED) is 0.194. The van der Waals surface area contributed by atoms with Crippen molar-refractivity contribution in [3.8, 4) is 0 Å². The molecule has 0 aliphatic rings. The summed E-state index contributed by atoms with van der Waals surface area (Å²) in [7, 11) is 0. The molecule has 0 aliphatic heterocycles. The molecule has 0 spiro atoms. The molecule has 0 aliphatic carbocycles. The van der Waals surface area contributed by atoms with Crippen molar-refractivity contribution in [3.63, 3.8) is 0 Å². The van der Waals surface area contributed by atoms with Crippen LogP contribution in [0.15, 0.2) is 33.2 Å². The van der Waals surface area contributed by atoms with Gasteiger partial charge in [0.05, 0.1) is 26.5 Å². The van der Waals surface area contributed by atoms with E-state index in [1.165, 1.54) is 18.2 Å². The fourth-order valence-corrected chi connectivity index (χ4v) is 2.19. The second-order valence-corrected chi connectivity index (χ2v) is 6.95. The molecule has 157 valence electrons. The molecule has 0 saturated carbocycles. The zero-order valence-corrected chi connectivity index (χ0v) is 19.6. The van der Waals surface area contributed by atoms with Gasteiger partial charge in [-0.15, -0.1) is 23.2 Å². The van der Waals surface area contributed by atoms with Crippen molar-refractivity contribution in [2.24, 2.45) is 0 Å². The van der Waals surface area contributed by atoms with Crippen LogP contribution >= 0.6 is 55.1 Å². The Balaban J connectivity index is 0. The summed E-state index contributed by atoms with van der Waals surface area (Å²) in [6.07, 6.45) is 0.398. The number of benzene rings is 2. The number of carbonyl (C=O) groups is 1. The van der Waals surface area contributed by atoms with Crippen LogP contribution in [0.3, 0.4) is 0 Å². The number of aliphatic hydroxyl groups excluding tert-OH is 1. The van der Waals surface area contributed by atoms with Gasteiger partial charge in [0.1, 0.15) is 11.6 Å². The van der Waals surface area contributed by atoms with Gasteiger partial charge in [-0.2, -0.15) is 0 Å². The van der Waals surface area contributed by atoms with Crippen molar-refractivity contribution in [2.75, 3.05) is 16.8 Å². The molecule has 6 nitrogen and oxygen atoms in total. The van der Waals surface area contributed by atoms with Crippen molar-refractivity contribution in [2.45, 2.75) is 6.61 Å². The minimum absolute atomic E-state index is 0.0978. The predicted octanol–water partition coefficient (Wildman–Crippen LogP) is 4.83. The molecule has 2 rings (SSSR count). The molecule has 0 amide bonds. The number of nitrogens with two attached hydrogens (primary N) is 2. The van der Waals surface area contributed by atoms with E-state index in [2.05, 4.69) is 31.9 Å². The maximum atomic E-state index is 13.0. The summed E-state index contributed by atoms with van der Waals surface area (Å²) in [5.74, 6) is -1.10. The van der Waals surface area contributed by atoms with Crippen molar-refractivity contribution in [3.05, 3.63) is 56.0 Å². The molecule has 0 bridgehead atoms. The number of carbonyl (C=O) groups excluding carboxylic acids is 1. The third-order valence-corrected chi connectivity index (χ3v) is 3.90. The molecule has 0 saturated heterocycles. The number of aldehydes is 1. The van der Waals surface area contributed by atoms with Crippen LogP contribution in [-0.4, -0.2) is 16.7 Å². The molecular formula is C15H14Br2Cl2F2MnN2O4. The Morgan fingerprint density at radius 3 is 1.71 bits per heavy atom. The third-order valence-electron chi connectivity index (χ3n) is 2.67. The van der Waals surface area contributed by atoms with Crippen LogP contribution in [0.1, 0.15) is 15.9 Å². The van der Waals surface area contributed by atoms with E-state index < -0.39 is 26.5 Å². The van der Waals surface area contributed by atoms with E-state index in [0.717, 1.165) is 0 Å². The van der Waals surface area contributed by atoms with E-state index in [4.69, 9.17) is 47.4 Å². The number of hydrogen-bond donors (Lipinski definition) is 3. The van der Waals surface area contributed by atoms with Crippen LogP contribution in [0.2, 0.25) is 0 Å². The van der Waals surface area contributed by atoms with Gasteiger partial charge in [-0.05, 0) is 56.1 Å². The average molecular weight is 610 g/mol. The molecular weight excluding hydrogens is 596 g/mol. The SMILES string of the molecule is ClCCl.Nc1ccc(Br)c(F)c1C=O.Nc1ccc(Br)c(F)c1CO.[O]=[Mn]=[O]. The Hall–Kier alpha value is -0.811. The van der Waals surface area contributed by atoms with Gasteiger partial charge in [0.25, 0.3) is 0 Å². The average Bonchev–Trinajstić information content (AvgIpc) is 2.65. The summed E-state index contributed by atoms with van der Waals surface area (Å²) in [5, 5.41) is 8.88. The monoisotopic (exact) mass is 607 g/mol. The molecule has 0 aromatic heterocycles. The van der Waals surface area contributed by atoms with Crippen LogP contribution in [0.25, 0.3) is 0 Å². The summed E-state index contributed by atoms with van der Waals surface area (Å²) in [6, 6.07) is 5.97. The molecule has 13 heteroatoms. The number of anilines is 2. The van der Waals surface area contributed by atoms with Crippen LogP contribution in [0.4, 0.5) is 20.2 Å². The zero-order valence-electron chi connectivity index (χ0n) is 13.8. The minimum atomic E-state index is -1.44. The van der Waals surface area contributed by atoms with Gasteiger partial charge in [-0.25, -0.2) is 8.78 Å². The summed E-state index contributed by atoms with van der Waals surface area (Å²) >= 11 is 14.0. The van der Waals surface area contributed by atoms with Gasteiger partial charge >= 0.3 is 22.5 Å². The molecule has 28 heavy (non-hydrogen) atoms. The van der Waals surface area contributed by atoms with Gasteiger partial charge in [0, 0.05) is 16.9 Å². The van der Waals surface area contributed by atoms with Crippen molar-refractivity contribution in [1.29, 1.82) is 0 Å². The normalized spacial score (nSPS) is 8.82. The van der Waals surface area contributed by atoms with Crippen molar-refractivity contribution < 1.29 is 41.2 Å². The number of hydrogen-bond acceptors (Lipinski definition) is 6. The first-order valence-corrected chi connectivity index (χ1v) is 10.3. The number of alkyl halides is 2. The van der Waals surface area contributed by atoms with Crippen LogP contribution in [0, 0.1) is 11.6 Å². The molecule has 0 unspecified atom stereocenters. The van der Waals surface area contributed by atoms with Crippen LogP contribution < -0.4 is 11.5 Å². The fourth-order valence-electron chi connectivity index (χ4n) is 1.47. The topological polar surface area (TPSA) is 123 Å². The van der Waals surface area contributed by atoms with E-state index in [1.54, 1.807) is 6.07 Å². The standard InChI is InChI=1S/C7H7BrFNO.C7H5BrFNO.CH2Cl2.Mn.2O/c2*8-5-1-2-6(10)4(3-11)7(5)9;2-1-3;;;/h1-2,11H,3,10H2;1-3H,10H2;1H2;;;. The van der Waals surface area contributed by atoms with E-state index in [-0.39, 0.29) is 38.9 Å². The maximum absolute atomic E-state index is 13.0. The second-order valence-electron chi connectivity index (χ2n) is 4.23. The molecule has 0 radical (unpaired) electrons. The van der Waals surface area contributed by atoms with Crippen molar-refractivity contribution in [1.82, 2.24) is 0 Å². The van der Waals surface area contributed by atoms with Gasteiger partial charge in [-0.3, -0.25) is 4.79 Å². The third kappa shape index (κ3) is 10.7. The Kier molecular flexibility index (Phi) is 17.9. The number of nitrogen functional groups attached to an aromatic ring is 2. The molecule has 0 heterocycles. The Bertz CT molecular complexity index is 814. The predicted molar refractivity (Wildman–Crippen MR) is 106 cm³/mol. The van der Waals surface area contributed by atoms with E-state index >= 15 is 0 Å². The summed E-state index contributed by atoms with van der Waals surface area (Å²) in [6.45, 7) is -0.378. The summed E-state index contributed by atoms with van der Waals surface area (Å²) in [5.41, 5.74) is 11.2.